The highest BCUT2D eigenvalue weighted by atomic mass is 19.1. The van der Waals surface area contributed by atoms with Gasteiger partial charge in [-0.25, -0.2) is 4.39 Å². The Morgan fingerprint density at radius 1 is 1.20 bits per heavy atom. The van der Waals surface area contributed by atoms with Gasteiger partial charge in [0.25, 0.3) is 0 Å². The van der Waals surface area contributed by atoms with Crippen molar-refractivity contribution < 1.29 is 4.39 Å². The molecule has 0 aromatic heterocycles. The van der Waals surface area contributed by atoms with Crippen molar-refractivity contribution in [2.45, 2.75) is 33.1 Å². The van der Waals surface area contributed by atoms with Gasteiger partial charge in [0.15, 0.2) is 0 Å². The molecule has 1 unspecified atom stereocenters. The highest BCUT2D eigenvalue weighted by molar-refractivity contribution is 5.16. The van der Waals surface area contributed by atoms with Crippen LogP contribution in [0.1, 0.15) is 32.3 Å². The van der Waals surface area contributed by atoms with Crippen LogP contribution in [0.4, 0.5) is 4.39 Å². The molecule has 0 bridgehead atoms. The van der Waals surface area contributed by atoms with E-state index in [1.54, 1.807) is 0 Å². The minimum atomic E-state index is -0.146. The zero-order chi connectivity index (χ0) is 11.7. The Morgan fingerprint density at radius 2 is 1.73 bits per heavy atom. The van der Waals surface area contributed by atoms with Crippen molar-refractivity contribution in [1.29, 1.82) is 0 Å². The van der Waals surface area contributed by atoms with Gasteiger partial charge >= 0.3 is 0 Å². The van der Waals surface area contributed by atoms with Crippen LogP contribution in [0, 0.1) is 11.7 Å². The number of benzene rings is 1. The van der Waals surface area contributed by atoms with Gasteiger partial charge in [-0.2, -0.15) is 0 Å². The molecular formula is C12H21FN2. The Bertz CT molecular complexity index is 246. The molecule has 0 radical (unpaired) electrons. The summed E-state index contributed by atoms with van der Waals surface area (Å²) in [5, 5.41) is 0. The molecule has 1 aromatic rings. The van der Waals surface area contributed by atoms with Gasteiger partial charge in [-0.05, 0) is 30.0 Å². The van der Waals surface area contributed by atoms with E-state index in [1.165, 1.54) is 30.5 Å². The average Bonchev–Trinajstić information content (AvgIpc) is 2.25. The highest BCUT2D eigenvalue weighted by Crippen LogP contribution is 2.13. The summed E-state index contributed by atoms with van der Waals surface area (Å²) in [6.45, 7) is 4.44. The summed E-state index contributed by atoms with van der Waals surface area (Å²) in [6.07, 6.45) is 3.54. The largest absolute Gasteiger partial charge is 0.274 e. The van der Waals surface area contributed by atoms with Crippen molar-refractivity contribution in [2.75, 3.05) is 0 Å². The monoisotopic (exact) mass is 212 g/mol. The average molecular weight is 212 g/mol. The van der Waals surface area contributed by atoms with Crippen molar-refractivity contribution >= 4 is 0 Å². The van der Waals surface area contributed by atoms with E-state index >= 15 is 0 Å². The van der Waals surface area contributed by atoms with Gasteiger partial charge in [-0.3, -0.25) is 11.7 Å². The lowest BCUT2D eigenvalue weighted by atomic mass is 9.97. The van der Waals surface area contributed by atoms with Crippen molar-refractivity contribution in [1.82, 2.24) is 0 Å². The molecule has 3 heteroatoms. The first-order valence-corrected chi connectivity index (χ1v) is 5.30. The minimum Gasteiger partial charge on any atom is -0.274 e. The van der Waals surface area contributed by atoms with Crippen LogP contribution in [0.3, 0.4) is 0 Å². The number of rotatable bonds is 4. The van der Waals surface area contributed by atoms with Crippen molar-refractivity contribution in [3.8, 4) is 0 Å². The molecule has 0 aliphatic heterocycles. The Morgan fingerprint density at radius 3 is 2.20 bits per heavy atom. The first kappa shape index (κ1) is 14.1. The van der Waals surface area contributed by atoms with E-state index in [9.17, 15) is 4.39 Å². The number of halogens is 1. The third-order valence-electron chi connectivity index (χ3n) is 2.28. The Balaban J connectivity index is 0.000000921. The van der Waals surface area contributed by atoms with Gasteiger partial charge in [0.05, 0.1) is 0 Å². The third kappa shape index (κ3) is 6.20. The zero-order valence-electron chi connectivity index (χ0n) is 9.54. The maximum Gasteiger partial charge on any atom is 0.123 e. The molecule has 15 heavy (non-hydrogen) atoms. The van der Waals surface area contributed by atoms with E-state index < -0.39 is 0 Å². The summed E-state index contributed by atoms with van der Waals surface area (Å²) >= 11 is 0. The first-order chi connectivity index (χ1) is 7.22. The first-order valence-electron chi connectivity index (χ1n) is 5.30. The van der Waals surface area contributed by atoms with Gasteiger partial charge in [-0.1, -0.05) is 38.8 Å². The maximum absolute atomic E-state index is 12.6. The molecule has 2 nitrogen and oxygen atoms in total. The fourth-order valence-electron chi connectivity index (χ4n) is 1.62. The van der Waals surface area contributed by atoms with Crippen LogP contribution in [0.25, 0.3) is 0 Å². The number of nitrogens with two attached hydrogens (primary N) is 2. The smallest absolute Gasteiger partial charge is 0.123 e. The summed E-state index contributed by atoms with van der Waals surface area (Å²) in [5.41, 5.74) is 1.24. The molecule has 1 atom stereocenters. The summed E-state index contributed by atoms with van der Waals surface area (Å²) in [4.78, 5) is 0. The Kier molecular flexibility index (Phi) is 7.86. The normalized spacial score (nSPS) is 11.5. The second-order valence-corrected chi connectivity index (χ2v) is 3.72. The zero-order valence-corrected chi connectivity index (χ0v) is 9.54. The van der Waals surface area contributed by atoms with Crippen molar-refractivity contribution in [2.24, 2.45) is 17.6 Å². The minimum absolute atomic E-state index is 0.146. The van der Waals surface area contributed by atoms with Crippen LogP contribution in [0.15, 0.2) is 24.3 Å². The van der Waals surface area contributed by atoms with Crippen LogP contribution < -0.4 is 11.7 Å². The summed E-state index contributed by atoms with van der Waals surface area (Å²) in [5.74, 6) is 8.56. The van der Waals surface area contributed by atoms with E-state index in [0.717, 1.165) is 6.42 Å². The summed E-state index contributed by atoms with van der Waals surface area (Å²) in [6, 6.07) is 6.82. The van der Waals surface area contributed by atoms with Crippen LogP contribution in [-0.4, -0.2) is 0 Å². The van der Waals surface area contributed by atoms with Crippen LogP contribution in [-0.2, 0) is 6.42 Å². The predicted molar refractivity (Wildman–Crippen MR) is 62.6 cm³/mol. The van der Waals surface area contributed by atoms with E-state index in [0.29, 0.717) is 5.92 Å². The van der Waals surface area contributed by atoms with Crippen molar-refractivity contribution in [3.05, 3.63) is 35.6 Å². The van der Waals surface area contributed by atoms with Crippen LogP contribution >= 0.6 is 0 Å². The molecular weight excluding hydrogens is 191 g/mol. The third-order valence-corrected chi connectivity index (χ3v) is 2.28. The van der Waals surface area contributed by atoms with E-state index in [4.69, 9.17) is 0 Å². The fraction of sp³-hybridized carbons (Fsp3) is 0.500. The molecule has 0 fully saturated rings. The molecule has 0 aliphatic carbocycles. The Labute approximate surface area is 91.4 Å². The molecule has 1 aromatic carbocycles. The van der Waals surface area contributed by atoms with E-state index in [-0.39, 0.29) is 5.82 Å². The lowest BCUT2D eigenvalue weighted by molar-refractivity contribution is 0.521. The topological polar surface area (TPSA) is 52.0 Å². The standard InChI is InChI=1S/C12H17F.H4N2/c1-3-4-10(2)9-11-5-7-12(13)8-6-11;1-2/h5-8,10H,3-4,9H2,1-2H3;1-2H2. The lowest BCUT2D eigenvalue weighted by Crippen LogP contribution is -2.02. The molecule has 1 rings (SSSR count). The predicted octanol–water partition coefficient (Wildman–Crippen LogP) is 2.62. The molecule has 0 spiro atoms. The fourth-order valence-corrected chi connectivity index (χ4v) is 1.62. The maximum atomic E-state index is 12.6. The molecule has 0 amide bonds. The highest BCUT2D eigenvalue weighted by Gasteiger charge is 2.02. The van der Waals surface area contributed by atoms with Gasteiger partial charge in [0, 0.05) is 0 Å². The van der Waals surface area contributed by atoms with E-state index in [2.05, 4.69) is 25.5 Å². The van der Waals surface area contributed by atoms with Crippen molar-refractivity contribution in [3.63, 3.8) is 0 Å². The van der Waals surface area contributed by atoms with Crippen LogP contribution in [0.2, 0.25) is 0 Å². The second kappa shape index (κ2) is 8.38. The summed E-state index contributed by atoms with van der Waals surface area (Å²) in [7, 11) is 0. The Hall–Kier alpha value is -0.930. The summed E-state index contributed by atoms with van der Waals surface area (Å²) < 4.78 is 12.6. The molecule has 0 saturated carbocycles. The molecule has 0 aliphatic rings. The van der Waals surface area contributed by atoms with E-state index in [1.807, 2.05) is 12.1 Å². The van der Waals surface area contributed by atoms with Gasteiger partial charge in [-0.15, -0.1) is 0 Å². The van der Waals surface area contributed by atoms with Gasteiger partial charge in [0.1, 0.15) is 5.82 Å². The number of hydrazine groups is 1. The number of hydrogen-bond acceptors (Lipinski definition) is 2. The SMILES string of the molecule is CCCC(C)Cc1ccc(F)cc1.NN. The molecule has 0 heterocycles. The second-order valence-electron chi connectivity index (χ2n) is 3.72. The van der Waals surface area contributed by atoms with Gasteiger partial charge < -0.3 is 0 Å². The quantitative estimate of drug-likeness (QED) is 0.595. The van der Waals surface area contributed by atoms with Gasteiger partial charge in [0.2, 0.25) is 0 Å². The molecule has 0 saturated heterocycles. The molecule has 86 valence electrons. The van der Waals surface area contributed by atoms with Crippen LogP contribution in [0.5, 0.6) is 0 Å². The number of hydrogen-bond donors (Lipinski definition) is 2. The molecule has 4 N–H and O–H groups in total. The lowest BCUT2D eigenvalue weighted by Gasteiger charge is -2.09.